The zero-order chi connectivity index (χ0) is 14.7. The number of halogens is 2. The zero-order valence-electron chi connectivity index (χ0n) is 10.6. The van der Waals surface area contributed by atoms with Crippen LogP contribution >= 0.6 is 23.2 Å². The van der Waals surface area contributed by atoms with E-state index in [9.17, 15) is 4.79 Å². The largest absolute Gasteiger partial charge is 0.321 e. The van der Waals surface area contributed by atoms with E-state index in [0.29, 0.717) is 32.8 Å². The van der Waals surface area contributed by atoms with E-state index in [1.165, 1.54) is 0 Å². The third-order valence-electron chi connectivity index (χ3n) is 2.56. The van der Waals surface area contributed by atoms with Gasteiger partial charge < -0.3 is 10.7 Å². The molecular formula is C13H12Cl2N4O. The maximum Gasteiger partial charge on any atom is 0.255 e. The molecule has 1 aromatic heterocycles. The van der Waals surface area contributed by atoms with Crippen LogP contribution in [-0.2, 0) is 0 Å². The number of carbonyl (C=O) groups excluding carboxylic acids is 1. The van der Waals surface area contributed by atoms with Crippen LogP contribution in [0.3, 0.4) is 0 Å². The summed E-state index contributed by atoms with van der Waals surface area (Å²) in [6, 6.07) is 8.21. The molecule has 2 aromatic rings. The number of amides is 1. The molecule has 1 amide bonds. The second kappa shape index (κ2) is 6.09. The number of hydrogen-bond donors (Lipinski definition) is 3. The number of anilines is 2. The lowest BCUT2D eigenvalue weighted by Gasteiger charge is -2.09. The number of nitrogens with two attached hydrogens (primary N) is 1. The van der Waals surface area contributed by atoms with Crippen LogP contribution in [0.4, 0.5) is 11.5 Å². The van der Waals surface area contributed by atoms with Crippen LogP contribution in [-0.4, -0.2) is 10.9 Å². The second-order valence-corrected chi connectivity index (χ2v) is 4.87. The number of nitrogens with zero attached hydrogens (tertiary/aromatic N) is 1. The van der Waals surface area contributed by atoms with Gasteiger partial charge in [-0.05, 0) is 31.2 Å². The fourth-order valence-corrected chi connectivity index (χ4v) is 2.02. The van der Waals surface area contributed by atoms with E-state index in [1.807, 2.05) is 0 Å². The maximum absolute atomic E-state index is 12.2. The average molecular weight is 311 g/mol. The summed E-state index contributed by atoms with van der Waals surface area (Å²) in [6.07, 6.45) is 0. The van der Waals surface area contributed by atoms with Crippen molar-refractivity contribution in [3.8, 4) is 0 Å². The summed E-state index contributed by atoms with van der Waals surface area (Å²) in [6.45, 7) is 1.77. The summed E-state index contributed by atoms with van der Waals surface area (Å²) in [5.41, 5.74) is 3.94. The zero-order valence-corrected chi connectivity index (χ0v) is 12.1. The van der Waals surface area contributed by atoms with Gasteiger partial charge in [0.1, 0.15) is 5.82 Å². The SMILES string of the molecule is Cc1cc(C(=O)Nc2cccc(Cl)c2Cl)cc(NN)n1. The second-order valence-electron chi connectivity index (χ2n) is 4.08. The Balaban J connectivity index is 2.28. The van der Waals surface area contributed by atoms with Gasteiger partial charge in [0.2, 0.25) is 0 Å². The van der Waals surface area contributed by atoms with Gasteiger partial charge in [-0.2, -0.15) is 0 Å². The van der Waals surface area contributed by atoms with Gasteiger partial charge in [0.15, 0.2) is 0 Å². The highest BCUT2D eigenvalue weighted by Crippen LogP contribution is 2.29. The smallest absolute Gasteiger partial charge is 0.255 e. The normalized spacial score (nSPS) is 10.2. The molecule has 0 unspecified atom stereocenters. The number of carbonyl (C=O) groups is 1. The lowest BCUT2D eigenvalue weighted by molar-refractivity contribution is 0.102. The summed E-state index contributed by atoms with van der Waals surface area (Å²) in [4.78, 5) is 16.3. The summed E-state index contributed by atoms with van der Waals surface area (Å²) >= 11 is 11.9. The molecule has 0 fully saturated rings. The van der Waals surface area contributed by atoms with E-state index in [1.54, 1.807) is 37.3 Å². The van der Waals surface area contributed by atoms with Gasteiger partial charge in [-0.3, -0.25) is 4.79 Å². The first-order valence-corrected chi connectivity index (χ1v) is 6.47. The van der Waals surface area contributed by atoms with E-state index in [-0.39, 0.29) is 5.91 Å². The lowest BCUT2D eigenvalue weighted by Crippen LogP contribution is -2.15. The van der Waals surface area contributed by atoms with E-state index in [4.69, 9.17) is 29.0 Å². The molecule has 5 nitrogen and oxygen atoms in total. The lowest BCUT2D eigenvalue weighted by atomic mass is 10.2. The first kappa shape index (κ1) is 14.6. The monoisotopic (exact) mass is 310 g/mol. The summed E-state index contributed by atoms with van der Waals surface area (Å²) < 4.78 is 0. The number of aromatic nitrogens is 1. The van der Waals surface area contributed by atoms with Gasteiger partial charge in [0, 0.05) is 11.3 Å². The van der Waals surface area contributed by atoms with E-state index in [2.05, 4.69) is 15.7 Å². The standard InChI is InChI=1S/C13H12Cl2N4O/c1-7-5-8(6-11(17-7)19-16)13(20)18-10-4-2-3-9(14)12(10)15/h2-6H,16H2,1H3,(H,17,19)(H,18,20). The van der Waals surface area contributed by atoms with Crippen LogP contribution < -0.4 is 16.6 Å². The number of rotatable bonds is 3. The summed E-state index contributed by atoms with van der Waals surface area (Å²) in [5, 5.41) is 3.37. The minimum Gasteiger partial charge on any atom is -0.321 e. The minimum absolute atomic E-state index is 0.297. The third kappa shape index (κ3) is 3.19. The molecular weight excluding hydrogens is 299 g/mol. The fourth-order valence-electron chi connectivity index (χ4n) is 1.67. The van der Waals surface area contributed by atoms with Crippen molar-refractivity contribution in [2.24, 2.45) is 5.84 Å². The van der Waals surface area contributed by atoms with Crippen LogP contribution in [0.25, 0.3) is 0 Å². The molecule has 1 heterocycles. The molecule has 0 aliphatic heterocycles. The Morgan fingerprint density at radius 3 is 2.75 bits per heavy atom. The van der Waals surface area contributed by atoms with Crippen molar-refractivity contribution < 1.29 is 4.79 Å². The topological polar surface area (TPSA) is 80.0 Å². The highest BCUT2D eigenvalue weighted by Gasteiger charge is 2.11. The Labute approximate surface area is 126 Å². The van der Waals surface area contributed by atoms with Crippen molar-refractivity contribution >= 4 is 40.6 Å². The molecule has 0 saturated heterocycles. The number of nitrogen functional groups attached to an aromatic ring is 1. The highest BCUT2D eigenvalue weighted by molar-refractivity contribution is 6.44. The third-order valence-corrected chi connectivity index (χ3v) is 3.38. The summed E-state index contributed by atoms with van der Waals surface area (Å²) in [7, 11) is 0. The number of hydrogen-bond acceptors (Lipinski definition) is 4. The predicted molar refractivity (Wildman–Crippen MR) is 81.2 cm³/mol. The molecule has 4 N–H and O–H groups in total. The molecule has 0 aliphatic carbocycles. The van der Waals surface area contributed by atoms with E-state index in [0.717, 1.165) is 0 Å². The molecule has 7 heteroatoms. The van der Waals surface area contributed by atoms with Gasteiger partial charge in [-0.25, -0.2) is 10.8 Å². The average Bonchev–Trinajstić information content (AvgIpc) is 2.43. The number of hydrazine groups is 1. The molecule has 104 valence electrons. The molecule has 0 saturated carbocycles. The van der Waals surface area contributed by atoms with Crippen molar-refractivity contribution in [3.05, 3.63) is 51.6 Å². The Morgan fingerprint density at radius 1 is 1.30 bits per heavy atom. The Bertz CT molecular complexity index is 661. The van der Waals surface area contributed by atoms with E-state index >= 15 is 0 Å². The van der Waals surface area contributed by atoms with Crippen LogP contribution in [0.2, 0.25) is 10.0 Å². The van der Waals surface area contributed by atoms with Crippen molar-refractivity contribution in [3.63, 3.8) is 0 Å². The first-order chi connectivity index (χ1) is 9.51. The molecule has 0 spiro atoms. The molecule has 0 atom stereocenters. The van der Waals surface area contributed by atoms with Gasteiger partial charge in [0.25, 0.3) is 5.91 Å². The molecule has 0 aliphatic rings. The molecule has 0 bridgehead atoms. The predicted octanol–water partition coefficient (Wildman–Crippen LogP) is 3.23. The van der Waals surface area contributed by atoms with Crippen molar-refractivity contribution in [2.75, 3.05) is 10.7 Å². The Kier molecular flexibility index (Phi) is 4.44. The van der Waals surface area contributed by atoms with Crippen LogP contribution in [0.1, 0.15) is 16.1 Å². The van der Waals surface area contributed by atoms with E-state index < -0.39 is 0 Å². The number of aryl methyl sites for hydroxylation is 1. The molecule has 1 aromatic carbocycles. The Hall–Kier alpha value is -1.82. The van der Waals surface area contributed by atoms with Crippen molar-refractivity contribution in [1.82, 2.24) is 4.98 Å². The van der Waals surface area contributed by atoms with Crippen molar-refractivity contribution in [1.29, 1.82) is 0 Å². The minimum atomic E-state index is -0.323. The van der Waals surface area contributed by atoms with Gasteiger partial charge in [-0.15, -0.1) is 0 Å². The maximum atomic E-state index is 12.2. The summed E-state index contributed by atoms with van der Waals surface area (Å²) in [5.74, 6) is 5.39. The van der Waals surface area contributed by atoms with Gasteiger partial charge in [-0.1, -0.05) is 29.3 Å². The van der Waals surface area contributed by atoms with Gasteiger partial charge >= 0.3 is 0 Å². The van der Waals surface area contributed by atoms with Crippen LogP contribution in [0.5, 0.6) is 0 Å². The Morgan fingerprint density at radius 2 is 2.05 bits per heavy atom. The first-order valence-electron chi connectivity index (χ1n) is 5.72. The fraction of sp³-hybridized carbons (Fsp3) is 0.0769. The van der Waals surface area contributed by atoms with Crippen LogP contribution in [0, 0.1) is 6.92 Å². The number of benzene rings is 1. The molecule has 20 heavy (non-hydrogen) atoms. The quantitative estimate of drug-likeness (QED) is 0.600. The number of nitrogens with one attached hydrogen (secondary N) is 2. The van der Waals surface area contributed by atoms with Crippen LogP contribution in [0.15, 0.2) is 30.3 Å². The highest BCUT2D eigenvalue weighted by atomic mass is 35.5. The van der Waals surface area contributed by atoms with Crippen molar-refractivity contribution in [2.45, 2.75) is 6.92 Å². The molecule has 2 rings (SSSR count). The number of pyridine rings is 1. The van der Waals surface area contributed by atoms with Gasteiger partial charge in [0.05, 0.1) is 15.7 Å². The molecule has 0 radical (unpaired) electrons.